The monoisotopic (exact) mass is 460 g/mol. The largest absolute Gasteiger partial charge is 0.468 e. The lowest BCUT2D eigenvalue weighted by Crippen LogP contribution is -2.61. The molecule has 2 heterocycles. The van der Waals surface area contributed by atoms with E-state index in [-0.39, 0.29) is 16.6 Å². The fraction of sp³-hybridized carbons (Fsp3) is 0.238. The predicted molar refractivity (Wildman–Crippen MR) is 111 cm³/mol. The predicted octanol–water partition coefficient (Wildman–Crippen LogP) is 3.18. The summed E-state index contributed by atoms with van der Waals surface area (Å²) in [5, 5.41) is 6.18. The Morgan fingerprint density at radius 2 is 1.82 bits per heavy atom. The van der Waals surface area contributed by atoms with E-state index in [0.29, 0.717) is 16.1 Å². The van der Waals surface area contributed by atoms with E-state index < -0.39 is 23.9 Å². The van der Waals surface area contributed by atoms with Crippen molar-refractivity contribution in [3.63, 3.8) is 0 Å². The summed E-state index contributed by atoms with van der Waals surface area (Å²) in [4.78, 5) is 21.0. The molecule has 1 N–H and O–H groups in total. The van der Waals surface area contributed by atoms with E-state index in [1.165, 1.54) is 54.5 Å². The molecule has 0 fully saturated rings. The van der Waals surface area contributed by atoms with Gasteiger partial charge in [-0.25, -0.2) is 14.2 Å². The number of ether oxygens (including phenoxy) is 2. The van der Waals surface area contributed by atoms with Crippen LogP contribution in [-0.2, 0) is 10.6 Å². The van der Waals surface area contributed by atoms with Gasteiger partial charge in [0.05, 0.1) is 23.8 Å². The van der Waals surface area contributed by atoms with Crippen LogP contribution in [0.15, 0.2) is 54.9 Å². The highest BCUT2D eigenvalue weighted by molar-refractivity contribution is 5.94. The first kappa shape index (κ1) is 22.3. The number of nitrogens with zero attached hydrogens (tertiary/aromatic N) is 5. The number of nitrogens with one attached hydrogen (secondary N) is 1. The molecular weight excluding hydrogens is 441 g/mol. The van der Waals surface area contributed by atoms with E-state index in [1.54, 1.807) is 19.1 Å². The van der Waals surface area contributed by atoms with Gasteiger partial charge in [0.15, 0.2) is 0 Å². The van der Waals surface area contributed by atoms with Crippen LogP contribution in [-0.4, -0.2) is 50.6 Å². The topological polar surface area (TPSA) is 96.1 Å². The van der Waals surface area contributed by atoms with Crippen LogP contribution in [0.2, 0.25) is 0 Å². The highest BCUT2D eigenvalue weighted by Crippen LogP contribution is 2.41. The number of aromatic nitrogens is 5. The molecular formula is C21H19F3N6O3. The van der Waals surface area contributed by atoms with Gasteiger partial charge >= 0.3 is 18.0 Å². The minimum absolute atomic E-state index is 0.0139. The van der Waals surface area contributed by atoms with Gasteiger partial charge in [0.1, 0.15) is 12.2 Å². The minimum atomic E-state index is -5.09. The summed E-state index contributed by atoms with van der Waals surface area (Å²) < 4.78 is 55.9. The third kappa shape index (κ3) is 3.78. The molecule has 0 aliphatic heterocycles. The summed E-state index contributed by atoms with van der Waals surface area (Å²) in [5.41, 5.74) is 0.728. The maximum absolute atomic E-state index is 14.5. The first-order valence-corrected chi connectivity index (χ1v) is 9.65. The lowest BCUT2D eigenvalue weighted by atomic mass is 10.2. The van der Waals surface area contributed by atoms with E-state index >= 15 is 0 Å². The fourth-order valence-electron chi connectivity index (χ4n) is 3.43. The zero-order chi connectivity index (χ0) is 23.8. The van der Waals surface area contributed by atoms with Crippen LogP contribution in [0.3, 0.4) is 0 Å². The van der Waals surface area contributed by atoms with E-state index in [2.05, 4.69) is 15.1 Å². The lowest BCUT2D eigenvalue weighted by molar-refractivity contribution is -0.317. The van der Waals surface area contributed by atoms with E-state index in [9.17, 15) is 18.0 Å². The van der Waals surface area contributed by atoms with Crippen molar-refractivity contribution >= 4 is 16.9 Å². The van der Waals surface area contributed by atoms with Crippen LogP contribution in [0.25, 0.3) is 16.7 Å². The molecule has 9 nitrogen and oxygen atoms in total. The molecule has 1 atom stereocenters. The number of halogens is 3. The standard InChI is InChI=1S/C21H19F3N6O3/c1-13-25-12-29(28-13)15-9-10-17-16(11-15)26-19(32-2)30(17)21(33-3,20(22,23)24)27-18(31)14-7-5-4-6-8-14/h4-12H,1-3H3,(H,27,31). The second-order valence-corrected chi connectivity index (χ2v) is 7.01. The summed E-state index contributed by atoms with van der Waals surface area (Å²) in [6.07, 6.45) is -3.62. The van der Waals surface area contributed by atoms with Crippen LogP contribution in [0.5, 0.6) is 6.01 Å². The second-order valence-electron chi connectivity index (χ2n) is 7.01. The maximum atomic E-state index is 14.5. The van der Waals surface area contributed by atoms with Crippen molar-refractivity contribution in [2.75, 3.05) is 14.2 Å². The maximum Gasteiger partial charge on any atom is 0.459 e. The number of carbonyl (C=O) groups is 1. The van der Waals surface area contributed by atoms with Crippen LogP contribution in [0.1, 0.15) is 16.2 Å². The number of benzene rings is 2. The number of hydrogen-bond donors (Lipinski definition) is 1. The summed E-state index contributed by atoms with van der Waals surface area (Å²) in [7, 11) is 2.02. The molecule has 0 radical (unpaired) electrons. The molecule has 0 saturated carbocycles. The van der Waals surface area contributed by atoms with Gasteiger partial charge in [0.2, 0.25) is 0 Å². The minimum Gasteiger partial charge on any atom is -0.468 e. The molecule has 4 rings (SSSR count). The SMILES string of the molecule is COc1nc2cc(-n3cnc(C)n3)ccc2n1C(NC(=O)c1ccccc1)(OC)C(F)(F)F. The van der Waals surface area contributed by atoms with Crippen LogP contribution in [0, 0.1) is 6.92 Å². The molecule has 1 unspecified atom stereocenters. The van der Waals surface area contributed by atoms with Crippen molar-refractivity contribution in [3.8, 4) is 11.7 Å². The van der Waals surface area contributed by atoms with Crippen LogP contribution < -0.4 is 10.1 Å². The second kappa shape index (κ2) is 8.20. The van der Waals surface area contributed by atoms with Gasteiger partial charge in [-0.2, -0.15) is 23.3 Å². The zero-order valence-electron chi connectivity index (χ0n) is 17.8. The Morgan fingerprint density at radius 3 is 2.39 bits per heavy atom. The number of hydrogen-bond acceptors (Lipinski definition) is 6. The first-order chi connectivity index (χ1) is 15.7. The molecule has 4 aromatic rings. The van der Waals surface area contributed by atoms with Gasteiger partial charge in [0, 0.05) is 12.7 Å². The number of carbonyl (C=O) groups excluding carboxylic acids is 1. The molecule has 0 saturated heterocycles. The number of amides is 1. The number of fused-ring (bicyclic) bond motifs is 1. The van der Waals surface area contributed by atoms with Gasteiger partial charge in [-0.3, -0.25) is 10.1 Å². The lowest BCUT2D eigenvalue weighted by Gasteiger charge is -2.36. The van der Waals surface area contributed by atoms with Gasteiger partial charge in [-0.05, 0) is 37.3 Å². The van der Waals surface area contributed by atoms with E-state index in [0.717, 1.165) is 7.11 Å². The molecule has 12 heteroatoms. The number of methoxy groups -OCH3 is 2. The van der Waals surface area contributed by atoms with Crippen molar-refractivity contribution in [1.82, 2.24) is 29.6 Å². The Morgan fingerprint density at radius 1 is 1.09 bits per heavy atom. The number of aryl methyl sites for hydroxylation is 1. The normalized spacial score (nSPS) is 13.6. The summed E-state index contributed by atoms with van der Waals surface area (Å²) in [6.45, 7) is 1.71. The van der Waals surface area contributed by atoms with Gasteiger partial charge < -0.3 is 9.47 Å². The van der Waals surface area contributed by atoms with Crippen LogP contribution in [0.4, 0.5) is 13.2 Å². The molecule has 2 aromatic heterocycles. The Kier molecular flexibility index (Phi) is 5.54. The summed E-state index contributed by atoms with van der Waals surface area (Å²) in [6, 6.07) is 11.6. The molecule has 33 heavy (non-hydrogen) atoms. The number of rotatable bonds is 6. The third-order valence-corrected chi connectivity index (χ3v) is 4.97. The van der Waals surface area contributed by atoms with E-state index in [1.807, 2.05) is 5.32 Å². The molecule has 0 aliphatic carbocycles. The van der Waals surface area contributed by atoms with Crippen molar-refractivity contribution < 1.29 is 27.4 Å². The Hall–Kier alpha value is -3.93. The van der Waals surface area contributed by atoms with E-state index in [4.69, 9.17) is 9.47 Å². The number of alkyl halides is 3. The smallest absolute Gasteiger partial charge is 0.459 e. The number of imidazole rings is 1. The zero-order valence-corrected chi connectivity index (χ0v) is 17.8. The summed E-state index contributed by atoms with van der Waals surface area (Å²) >= 11 is 0. The molecule has 2 aromatic carbocycles. The fourth-order valence-corrected chi connectivity index (χ4v) is 3.43. The van der Waals surface area contributed by atoms with Crippen molar-refractivity contribution in [1.29, 1.82) is 0 Å². The Balaban J connectivity index is 1.89. The Labute approximate surface area is 185 Å². The average molecular weight is 460 g/mol. The first-order valence-electron chi connectivity index (χ1n) is 9.65. The highest BCUT2D eigenvalue weighted by Gasteiger charge is 2.61. The van der Waals surface area contributed by atoms with Gasteiger partial charge in [0.25, 0.3) is 5.91 Å². The van der Waals surface area contributed by atoms with Crippen molar-refractivity contribution in [2.45, 2.75) is 18.9 Å². The van der Waals surface area contributed by atoms with Crippen molar-refractivity contribution in [2.24, 2.45) is 0 Å². The van der Waals surface area contributed by atoms with Crippen molar-refractivity contribution in [3.05, 3.63) is 66.2 Å². The third-order valence-electron chi connectivity index (χ3n) is 4.97. The molecule has 0 bridgehead atoms. The molecule has 0 aliphatic rings. The Bertz CT molecular complexity index is 1300. The summed E-state index contributed by atoms with van der Waals surface area (Å²) in [5.74, 6) is -3.77. The average Bonchev–Trinajstić information content (AvgIpc) is 3.40. The van der Waals surface area contributed by atoms with Gasteiger partial charge in [-0.15, -0.1) is 0 Å². The molecule has 172 valence electrons. The molecule has 0 spiro atoms. The van der Waals surface area contributed by atoms with Gasteiger partial charge in [-0.1, -0.05) is 18.2 Å². The van der Waals surface area contributed by atoms with Crippen LogP contribution >= 0.6 is 0 Å². The highest BCUT2D eigenvalue weighted by atomic mass is 19.4. The quantitative estimate of drug-likeness (QED) is 0.444. The molecule has 1 amide bonds.